The van der Waals surface area contributed by atoms with E-state index in [1.165, 1.54) is 0 Å². The van der Waals surface area contributed by atoms with Crippen LogP contribution in [0.2, 0.25) is 0 Å². The fourth-order valence-electron chi connectivity index (χ4n) is 2.99. The molecule has 2 heterocycles. The molecule has 1 aromatic heterocycles. The molecule has 3 rings (SSSR count). The molecule has 6 nitrogen and oxygen atoms in total. The molecule has 0 saturated carbocycles. The van der Waals surface area contributed by atoms with Crippen molar-refractivity contribution in [1.29, 1.82) is 0 Å². The highest BCUT2D eigenvalue weighted by atomic mass is 16.5. The molecule has 2 amide bonds. The number of piperazine rings is 1. The van der Waals surface area contributed by atoms with Gasteiger partial charge in [0.15, 0.2) is 0 Å². The van der Waals surface area contributed by atoms with Gasteiger partial charge in [-0.25, -0.2) is 0 Å². The molecule has 2 aromatic rings. The van der Waals surface area contributed by atoms with E-state index in [9.17, 15) is 9.59 Å². The number of carbonyl (C=O) groups is 2. The Morgan fingerprint density at radius 1 is 1.04 bits per heavy atom. The Bertz CT molecular complexity index is 712. The lowest BCUT2D eigenvalue weighted by atomic mass is 10.1. The summed E-state index contributed by atoms with van der Waals surface area (Å²) in [6, 6.07) is 9.71. The maximum Gasteiger partial charge on any atom is 0.259 e. The summed E-state index contributed by atoms with van der Waals surface area (Å²) < 4.78 is 5.07. The van der Waals surface area contributed by atoms with Crippen molar-refractivity contribution in [2.45, 2.75) is 20.3 Å². The van der Waals surface area contributed by atoms with Crippen molar-refractivity contribution in [3.63, 3.8) is 0 Å². The third-order valence-electron chi connectivity index (χ3n) is 4.36. The number of hydrogen-bond donors (Lipinski definition) is 0. The molecular weight excluding hydrogens is 306 g/mol. The minimum Gasteiger partial charge on any atom is -0.361 e. The van der Waals surface area contributed by atoms with Crippen molar-refractivity contribution in [3.05, 3.63) is 52.9 Å². The number of amides is 2. The highest BCUT2D eigenvalue weighted by molar-refractivity contribution is 5.96. The smallest absolute Gasteiger partial charge is 0.259 e. The minimum atomic E-state index is -0.0681. The lowest BCUT2D eigenvalue weighted by Crippen LogP contribution is -2.51. The van der Waals surface area contributed by atoms with Crippen LogP contribution in [0.15, 0.2) is 34.9 Å². The third-order valence-corrected chi connectivity index (χ3v) is 4.36. The Balaban J connectivity index is 1.58. The van der Waals surface area contributed by atoms with E-state index in [1.807, 2.05) is 35.2 Å². The fourth-order valence-corrected chi connectivity index (χ4v) is 2.99. The molecule has 1 fully saturated rings. The van der Waals surface area contributed by atoms with Crippen molar-refractivity contribution >= 4 is 11.8 Å². The quantitative estimate of drug-likeness (QED) is 0.862. The van der Waals surface area contributed by atoms with Gasteiger partial charge in [0.1, 0.15) is 11.3 Å². The van der Waals surface area contributed by atoms with Gasteiger partial charge in [-0.05, 0) is 19.4 Å². The van der Waals surface area contributed by atoms with E-state index < -0.39 is 0 Å². The highest BCUT2D eigenvalue weighted by Gasteiger charge is 2.28. The van der Waals surface area contributed by atoms with Crippen LogP contribution in [0.3, 0.4) is 0 Å². The van der Waals surface area contributed by atoms with E-state index in [1.54, 1.807) is 18.7 Å². The zero-order chi connectivity index (χ0) is 17.1. The van der Waals surface area contributed by atoms with Crippen LogP contribution in [0.5, 0.6) is 0 Å². The van der Waals surface area contributed by atoms with E-state index in [2.05, 4.69) is 5.16 Å². The fraction of sp³-hybridized carbons (Fsp3) is 0.389. The van der Waals surface area contributed by atoms with Crippen molar-refractivity contribution < 1.29 is 14.1 Å². The van der Waals surface area contributed by atoms with Gasteiger partial charge < -0.3 is 14.3 Å². The lowest BCUT2D eigenvalue weighted by Gasteiger charge is -2.34. The molecule has 1 aromatic carbocycles. The summed E-state index contributed by atoms with van der Waals surface area (Å²) in [4.78, 5) is 28.6. The van der Waals surface area contributed by atoms with Crippen LogP contribution in [0.25, 0.3) is 0 Å². The second-order valence-corrected chi connectivity index (χ2v) is 6.03. The Labute approximate surface area is 141 Å². The molecule has 6 heteroatoms. The molecule has 0 bridgehead atoms. The molecule has 0 atom stereocenters. The van der Waals surface area contributed by atoms with Crippen LogP contribution in [0.1, 0.15) is 27.4 Å². The normalized spacial score (nSPS) is 14.8. The topological polar surface area (TPSA) is 66.7 Å². The first-order valence-corrected chi connectivity index (χ1v) is 8.10. The maximum atomic E-state index is 12.6. The van der Waals surface area contributed by atoms with E-state index in [4.69, 9.17) is 4.52 Å². The second-order valence-electron chi connectivity index (χ2n) is 6.03. The van der Waals surface area contributed by atoms with Gasteiger partial charge >= 0.3 is 0 Å². The van der Waals surface area contributed by atoms with Gasteiger partial charge in [-0.2, -0.15) is 0 Å². The third kappa shape index (κ3) is 3.32. The van der Waals surface area contributed by atoms with Crippen LogP contribution in [-0.2, 0) is 11.2 Å². The Kier molecular flexibility index (Phi) is 4.64. The van der Waals surface area contributed by atoms with Crippen molar-refractivity contribution in [1.82, 2.24) is 15.0 Å². The first-order chi connectivity index (χ1) is 11.6. The van der Waals surface area contributed by atoms with E-state index in [0.29, 0.717) is 49.6 Å². The first kappa shape index (κ1) is 16.2. The van der Waals surface area contributed by atoms with Crippen LogP contribution in [-0.4, -0.2) is 52.9 Å². The van der Waals surface area contributed by atoms with Gasteiger partial charge in [0.25, 0.3) is 5.91 Å². The minimum absolute atomic E-state index is 0.0681. The van der Waals surface area contributed by atoms with Crippen LogP contribution >= 0.6 is 0 Å². The molecule has 1 aliphatic rings. The molecule has 0 unspecified atom stereocenters. The monoisotopic (exact) mass is 327 g/mol. The largest absolute Gasteiger partial charge is 0.361 e. The number of nitrogens with zero attached hydrogens (tertiary/aromatic N) is 3. The summed E-state index contributed by atoms with van der Waals surface area (Å²) in [5, 5.41) is 3.84. The Morgan fingerprint density at radius 3 is 2.25 bits per heavy atom. The predicted octanol–water partition coefficient (Wildman–Crippen LogP) is 1.82. The summed E-state index contributed by atoms with van der Waals surface area (Å²) in [7, 11) is 0. The molecule has 0 N–H and O–H groups in total. The van der Waals surface area contributed by atoms with Crippen molar-refractivity contribution in [2.75, 3.05) is 26.2 Å². The molecule has 126 valence electrons. The number of rotatable bonds is 3. The Hall–Kier alpha value is -2.63. The van der Waals surface area contributed by atoms with Crippen molar-refractivity contribution in [3.8, 4) is 0 Å². The molecule has 1 aliphatic heterocycles. The van der Waals surface area contributed by atoms with E-state index in [0.717, 1.165) is 5.56 Å². The van der Waals surface area contributed by atoms with Gasteiger partial charge in [0.2, 0.25) is 5.91 Å². The number of carbonyl (C=O) groups excluding carboxylic acids is 2. The second kappa shape index (κ2) is 6.86. The first-order valence-electron chi connectivity index (χ1n) is 8.10. The summed E-state index contributed by atoms with van der Waals surface area (Å²) >= 11 is 0. The van der Waals surface area contributed by atoms with Gasteiger partial charge in [0.05, 0.1) is 12.1 Å². The van der Waals surface area contributed by atoms with Crippen LogP contribution in [0.4, 0.5) is 0 Å². The maximum absolute atomic E-state index is 12.6. The van der Waals surface area contributed by atoms with Crippen molar-refractivity contribution in [2.24, 2.45) is 0 Å². The summed E-state index contributed by atoms with van der Waals surface area (Å²) in [6.07, 6.45) is 0.401. The van der Waals surface area contributed by atoms with E-state index >= 15 is 0 Å². The van der Waals surface area contributed by atoms with E-state index in [-0.39, 0.29) is 11.8 Å². The number of aryl methyl sites for hydroxylation is 2. The zero-order valence-corrected chi connectivity index (χ0v) is 14.0. The molecule has 0 spiro atoms. The summed E-state index contributed by atoms with van der Waals surface area (Å²) in [5.41, 5.74) is 2.16. The average Bonchev–Trinajstić information content (AvgIpc) is 2.94. The lowest BCUT2D eigenvalue weighted by molar-refractivity contribution is -0.131. The van der Waals surface area contributed by atoms with Gasteiger partial charge in [-0.1, -0.05) is 35.5 Å². The predicted molar refractivity (Wildman–Crippen MR) is 88.6 cm³/mol. The molecule has 0 aliphatic carbocycles. The SMILES string of the molecule is Cc1noc(C)c1C(=O)N1CCN(C(=O)Cc2ccccc2)CC1. The Morgan fingerprint density at radius 2 is 1.67 bits per heavy atom. The standard InChI is InChI=1S/C18H21N3O3/c1-13-17(14(2)24-19-13)18(23)21-10-8-20(9-11-21)16(22)12-15-6-4-3-5-7-15/h3-7H,8-12H2,1-2H3. The van der Waals surface area contributed by atoms with Gasteiger partial charge in [-0.15, -0.1) is 0 Å². The molecule has 24 heavy (non-hydrogen) atoms. The highest BCUT2D eigenvalue weighted by Crippen LogP contribution is 2.16. The number of aromatic nitrogens is 1. The van der Waals surface area contributed by atoms with Crippen LogP contribution in [0, 0.1) is 13.8 Å². The van der Waals surface area contributed by atoms with Gasteiger partial charge in [0, 0.05) is 26.2 Å². The van der Waals surface area contributed by atoms with Gasteiger partial charge in [-0.3, -0.25) is 9.59 Å². The molecular formula is C18H21N3O3. The molecule has 1 saturated heterocycles. The zero-order valence-electron chi connectivity index (χ0n) is 14.0. The number of benzene rings is 1. The summed E-state index contributed by atoms with van der Waals surface area (Å²) in [5.74, 6) is 0.576. The number of hydrogen-bond acceptors (Lipinski definition) is 4. The average molecular weight is 327 g/mol. The molecule has 0 radical (unpaired) electrons. The summed E-state index contributed by atoms with van der Waals surface area (Å²) in [6.45, 7) is 5.69. The van der Waals surface area contributed by atoms with Crippen LogP contribution < -0.4 is 0 Å².